The second kappa shape index (κ2) is 9.58. The first-order chi connectivity index (χ1) is 9.25. The van der Waals surface area contributed by atoms with Gasteiger partial charge < -0.3 is 15.3 Å². The first-order valence-corrected chi connectivity index (χ1v) is 7.22. The second-order valence-corrected chi connectivity index (χ2v) is 5.58. The Kier molecular flexibility index (Phi) is 8.96. The van der Waals surface area contributed by atoms with Crippen LogP contribution in [0.5, 0.6) is 0 Å². The zero-order chi connectivity index (χ0) is 15.7. The normalized spacial score (nSPS) is 11.2. The molecule has 0 fully saturated rings. The number of nitrogens with one attached hydrogen (secondary N) is 1. The molecule has 2 amide bonds. The largest absolute Gasteiger partial charge is 0.481 e. The predicted molar refractivity (Wildman–Crippen MR) is 79.9 cm³/mol. The van der Waals surface area contributed by atoms with E-state index >= 15 is 0 Å². The molecule has 0 spiro atoms. The molecule has 118 valence electrons. The SMILES string of the molecule is CC(C)N(CCNC(=O)N(C)CCCC(=O)O)C(C)C. The van der Waals surface area contributed by atoms with E-state index in [4.69, 9.17) is 5.11 Å². The molecule has 6 nitrogen and oxygen atoms in total. The summed E-state index contributed by atoms with van der Waals surface area (Å²) in [5, 5.41) is 11.4. The minimum atomic E-state index is -0.830. The first-order valence-electron chi connectivity index (χ1n) is 7.22. The lowest BCUT2D eigenvalue weighted by molar-refractivity contribution is -0.137. The van der Waals surface area contributed by atoms with Crippen molar-refractivity contribution in [3.05, 3.63) is 0 Å². The van der Waals surface area contributed by atoms with Gasteiger partial charge in [0.2, 0.25) is 0 Å². The number of carboxylic acid groups (broad SMARTS) is 1. The Morgan fingerprint density at radius 3 is 2.10 bits per heavy atom. The van der Waals surface area contributed by atoms with Crippen LogP contribution < -0.4 is 5.32 Å². The summed E-state index contributed by atoms with van der Waals surface area (Å²) < 4.78 is 0. The predicted octanol–water partition coefficient (Wildman–Crippen LogP) is 1.61. The molecular formula is C14H29N3O3. The lowest BCUT2D eigenvalue weighted by Crippen LogP contribution is -2.45. The number of hydrogen-bond acceptors (Lipinski definition) is 3. The maximum atomic E-state index is 11.8. The number of carboxylic acids is 1. The number of hydrogen-bond donors (Lipinski definition) is 2. The number of nitrogens with zero attached hydrogens (tertiary/aromatic N) is 2. The van der Waals surface area contributed by atoms with E-state index in [1.165, 1.54) is 4.90 Å². The van der Waals surface area contributed by atoms with Crippen molar-refractivity contribution >= 4 is 12.0 Å². The van der Waals surface area contributed by atoms with Gasteiger partial charge in [-0.1, -0.05) is 0 Å². The quantitative estimate of drug-likeness (QED) is 0.676. The summed E-state index contributed by atoms with van der Waals surface area (Å²) in [6.07, 6.45) is 0.565. The van der Waals surface area contributed by atoms with E-state index in [0.29, 0.717) is 31.6 Å². The Bertz CT molecular complexity index is 298. The zero-order valence-corrected chi connectivity index (χ0v) is 13.3. The van der Waals surface area contributed by atoms with E-state index in [-0.39, 0.29) is 12.5 Å². The topological polar surface area (TPSA) is 72.9 Å². The minimum Gasteiger partial charge on any atom is -0.481 e. The molecule has 0 atom stereocenters. The van der Waals surface area contributed by atoms with Crippen LogP contribution in [0, 0.1) is 0 Å². The van der Waals surface area contributed by atoms with Crippen LogP contribution in [0.3, 0.4) is 0 Å². The maximum absolute atomic E-state index is 11.8. The summed E-state index contributed by atoms with van der Waals surface area (Å²) in [7, 11) is 1.68. The Morgan fingerprint density at radius 2 is 1.65 bits per heavy atom. The van der Waals surface area contributed by atoms with Gasteiger partial charge in [0.25, 0.3) is 0 Å². The molecule has 0 heterocycles. The Labute approximate surface area is 122 Å². The zero-order valence-electron chi connectivity index (χ0n) is 13.3. The van der Waals surface area contributed by atoms with Gasteiger partial charge in [0.05, 0.1) is 0 Å². The van der Waals surface area contributed by atoms with Crippen LogP contribution in [0.1, 0.15) is 40.5 Å². The van der Waals surface area contributed by atoms with Gasteiger partial charge in [0, 0.05) is 45.2 Å². The minimum absolute atomic E-state index is 0.0894. The lowest BCUT2D eigenvalue weighted by atomic mass is 10.2. The highest BCUT2D eigenvalue weighted by molar-refractivity contribution is 5.73. The van der Waals surface area contributed by atoms with Crippen LogP contribution in [0.25, 0.3) is 0 Å². The van der Waals surface area contributed by atoms with Crippen LogP contribution in [-0.4, -0.2) is 65.7 Å². The fourth-order valence-electron chi connectivity index (χ4n) is 2.11. The second-order valence-electron chi connectivity index (χ2n) is 5.58. The molecule has 0 saturated heterocycles. The van der Waals surface area contributed by atoms with Crippen molar-refractivity contribution in [2.45, 2.75) is 52.6 Å². The Hall–Kier alpha value is -1.30. The summed E-state index contributed by atoms with van der Waals surface area (Å²) in [4.78, 5) is 26.0. The molecule has 0 unspecified atom stereocenters. The maximum Gasteiger partial charge on any atom is 0.317 e. The fraction of sp³-hybridized carbons (Fsp3) is 0.857. The summed E-state index contributed by atoms with van der Waals surface area (Å²) in [6.45, 7) is 10.4. The number of aliphatic carboxylic acids is 1. The Balaban J connectivity index is 3.94. The average molecular weight is 287 g/mol. The number of urea groups is 1. The van der Waals surface area contributed by atoms with Crippen molar-refractivity contribution in [2.24, 2.45) is 0 Å². The number of carbonyl (C=O) groups is 2. The third-order valence-corrected chi connectivity index (χ3v) is 3.20. The third-order valence-electron chi connectivity index (χ3n) is 3.20. The van der Waals surface area contributed by atoms with Crippen molar-refractivity contribution in [2.75, 3.05) is 26.7 Å². The standard InChI is InChI=1S/C14H29N3O3/c1-11(2)17(12(3)4)10-8-15-14(20)16(5)9-6-7-13(18)19/h11-12H,6-10H2,1-5H3,(H,15,20)(H,18,19). The summed E-state index contributed by atoms with van der Waals surface area (Å²) in [5.74, 6) is -0.830. The van der Waals surface area contributed by atoms with Crippen molar-refractivity contribution in [1.82, 2.24) is 15.1 Å². The van der Waals surface area contributed by atoms with Crippen LogP contribution in [0.15, 0.2) is 0 Å². The van der Waals surface area contributed by atoms with Gasteiger partial charge in [-0.2, -0.15) is 0 Å². The van der Waals surface area contributed by atoms with Crippen molar-refractivity contribution in [1.29, 1.82) is 0 Å². The lowest BCUT2D eigenvalue weighted by Gasteiger charge is -2.30. The van der Waals surface area contributed by atoms with Gasteiger partial charge in [-0.3, -0.25) is 9.69 Å². The van der Waals surface area contributed by atoms with Crippen molar-refractivity contribution in [3.8, 4) is 0 Å². The molecule has 0 saturated carbocycles. The highest BCUT2D eigenvalue weighted by Crippen LogP contribution is 2.03. The molecule has 0 aromatic carbocycles. The van der Waals surface area contributed by atoms with Crippen LogP contribution in [0.4, 0.5) is 4.79 Å². The smallest absolute Gasteiger partial charge is 0.317 e. The molecule has 2 N–H and O–H groups in total. The molecule has 0 aliphatic carbocycles. The van der Waals surface area contributed by atoms with Crippen LogP contribution in [0.2, 0.25) is 0 Å². The number of rotatable bonds is 9. The van der Waals surface area contributed by atoms with E-state index in [1.807, 2.05) is 0 Å². The molecule has 20 heavy (non-hydrogen) atoms. The van der Waals surface area contributed by atoms with Crippen molar-refractivity contribution in [3.63, 3.8) is 0 Å². The average Bonchev–Trinajstić information content (AvgIpc) is 2.32. The first kappa shape index (κ1) is 18.7. The molecule has 0 radical (unpaired) electrons. The van der Waals surface area contributed by atoms with E-state index in [1.54, 1.807) is 7.05 Å². The molecule has 0 rings (SSSR count). The van der Waals surface area contributed by atoms with Gasteiger partial charge in [-0.15, -0.1) is 0 Å². The molecule has 0 aliphatic heterocycles. The highest BCUT2D eigenvalue weighted by atomic mass is 16.4. The molecule has 0 aliphatic rings. The highest BCUT2D eigenvalue weighted by Gasteiger charge is 2.14. The fourth-order valence-corrected chi connectivity index (χ4v) is 2.11. The number of carbonyl (C=O) groups excluding carboxylic acids is 1. The van der Waals surface area contributed by atoms with E-state index in [9.17, 15) is 9.59 Å². The number of amides is 2. The van der Waals surface area contributed by atoms with Gasteiger partial charge in [0.1, 0.15) is 0 Å². The molecule has 0 bridgehead atoms. The third kappa shape index (κ3) is 7.99. The molecule has 0 aromatic rings. The molecular weight excluding hydrogens is 258 g/mol. The Morgan fingerprint density at radius 1 is 1.10 bits per heavy atom. The van der Waals surface area contributed by atoms with Crippen LogP contribution >= 0.6 is 0 Å². The van der Waals surface area contributed by atoms with Gasteiger partial charge in [0.15, 0.2) is 0 Å². The summed E-state index contributed by atoms with van der Waals surface area (Å²) in [5.41, 5.74) is 0. The molecule has 0 aromatic heterocycles. The summed E-state index contributed by atoms with van der Waals surface area (Å²) in [6, 6.07) is 0.739. The van der Waals surface area contributed by atoms with Crippen molar-refractivity contribution < 1.29 is 14.7 Å². The van der Waals surface area contributed by atoms with Gasteiger partial charge in [-0.05, 0) is 34.1 Å². The van der Waals surface area contributed by atoms with Crippen LogP contribution in [-0.2, 0) is 4.79 Å². The van der Waals surface area contributed by atoms with E-state index in [0.717, 1.165) is 6.54 Å². The van der Waals surface area contributed by atoms with E-state index < -0.39 is 5.97 Å². The summed E-state index contributed by atoms with van der Waals surface area (Å²) >= 11 is 0. The monoisotopic (exact) mass is 287 g/mol. The van der Waals surface area contributed by atoms with Gasteiger partial charge >= 0.3 is 12.0 Å². The molecule has 6 heteroatoms. The van der Waals surface area contributed by atoms with E-state index in [2.05, 4.69) is 37.9 Å². The van der Waals surface area contributed by atoms with Gasteiger partial charge in [-0.25, -0.2) is 4.79 Å².